The molecule has 6 nitrogen and oxygen atoms in total. The van der Waals surface area contributed by atoms with Crippen LogP contribution < -0.4 is 4.90 Å². The van der Waals surface area contributed by atoms with E-state index in [-0.39, 0.29) is 4.83 Å². The van der Waals surface area contributed by atoms with Crippen molar-refractivity contribution >= 4 is 32.8 Å². The molecule has 0 aliphatic rings. The molecule has 1 unspecified atom stereocenters. The molecule has 0 spiro atoms. The van der Waals surface area contributed by atoms with Gasteiger partial charge in [0.25, 0.3) is 0 Å². The Bertz CT molecular complexity index is 529. The Kier molecular flexibility index (Phi) is 4.13. The smallest absolute Gasteiger partial charge is 0.163 e. The van der Waals surface area contributed by atoms with Gasteiger partial charge in [0.15, 0.2) is 5.65 Å². The average molecular weight is 314 g/mol. The van der Waals surface area contributed by atoms with E-state index in [1.807, 2.05) is 14.1 Å². The maximum absolute atomic E-state index is 5.11. The molecule has 0 aliphatic carbocycles. The summed E-state index contributed by atoms with van der Waals surface area (Å²) in [4.78, 5) is 10.9. The summed E-state index contributed by atoms with van der Waals surface area (Å²) in [6.45, 7) is 1.46. The number of fused-ring (bicyclic) bond motifs is 1. The van der Waals surface area contributed by atoms with Crippen LogP contribution in [0.3, 0.4) is 0 Å². The number of halogens is 1. The molecule has 0 aliphatic heterocycles. The second-order valence-corrected chi connectivity index (χ2v) is 5.43. The van der Waals surface area contributed by atoms with Crippen molar-refractivity contribution in [2.45, 2.75) is 4.83 Å². The third-order valence-corrected chi connectivity index (χ3v) is 3.24. The van der Waals surface area contributed by atoms with Crippen molar-refractivity contribution in [1.29, 1.82) is 0 Å². The van der Waals surface area contributed by atoms with Gasteiger partial charge in [-0.25, -0.2) is 9.97 Å². The second kappa shape index (κ2) is 5.62. The molecule has 0 amide bonds. The quantitative estimate of drug-likeness (QED) is 0.777. The summed E-state index contributed by atoms with van der Waals surface area (Å²) < 4.78 is 6.85. The number of hydrogen-bond donors (Lipinski definition) is 0. The zero-order valence-electron chi connectivity index (χ0n) is 10.7. The molecule has 0 aromatic carbocycles. The van der Waals surface area contributed by atoms with E-state index in [9.17, 15) is 0 Å². The van der Waals surface area contributed by atoms with E-state index in [0.717, 1.165) is 23.4 Å². The van der Waals surface area contributed by atoms with E-state index in [1.54, 1.807) is 24.3 Å². The minimum absolute atomic E-state index is 0.259. The highest BCUT2D eigenvalue weighted by Gasteiger charge is 2.14. The van der Waals surface area contributed by atoms with E-state index < -0.39 is 0 Å². The third kappa shape index (κ3) is 2.62. The summed E-state index contributed by atoms with van der Waals surface area (Å²) in [7, 11) is 5.56. The van der Waals surface area contributed by atoms with Gasteiger partial charge >= 0.3 is 0 Å². The largest absolute Gasteiger partial charge is 0.383 e. The Morgan fingerprint density at radius 3 is 3.00 bits per heavy atom. The topological polar surface area (TPSA) is 56.1 Å². The first kappa shape index (κ1) is 13.2. The molecule has 2 aromatic rings. The fourth-order valence-corrected chi connectivity index (χ4v) is 2.57. The van der Waals surface area contributed by atoms with Crippen LogP contribution in [0.4, 0.5) is 5.82 Å². The summed E-state index contributed by atoms with van der Waals surface area (Å²) in [5, 5.41) is 5.16. The second-order valence-electron chi connectivity index (χ2n) is 4.14. The average Bonchev–Trinajstić information content (AvgIpc) is 2.71. The Morgan fingerprint density at radius 2 is 2.28 bits per heavy atom. The highest BCUT2D eigenvalue weighted by molar-refractivity contribution is 9.09. The zero-order chi connectivity index (χ0) is 13.1. The predicted molar refractivity (Wildman–Crippen MR) is 74.2 cm³/mol. The molecule has 2 heterocycles. The first-order valence-electron chi connectivity index (χ1n) is 5.60. The van der Waals surface area contributed by atoms with Gasteiger partial charge < -0.3 is 9.64 Å². The van der Waals surface area contributed by atoms with Gasteiger partial charge in [0.05, 0.1) is 23.0 Å². The fraction of sp³-hybridized carbons (Fsp3) is 0.545. The number of rotatable bonds is 5. The molecule has 0 radical (unpaired) electrons. The third-order valence-electron chi connectivity index (χ3n) is 2.69. The number of ether oxygens (including phenoxy) is 1. The van der Waals surface area contributed by atoms with Crippen LogP contribution in [0.5, 0.6) is 0 Å². The van der Waals surface area contributed by atoms with E-state index in [1.165, 1.54) is 0 Å². The number of nitrogens with zero attached hydrogens (tertiary/aromatic N) is 5. The number of aromatic nitrogens is 4. The first-order chi connectivity index (χ1) is 8.63. The van der Waals surface area contributed by atoms with Crippen LogP contribution in [0.2, 0.25) is 0 Å². The number of alkyl halides is 1. The van der Waals surface area contributed by atoms with Crippen molar-refractivity contribution in [3.05, 3.63) is 12.5 Å². The summed E-state index contributed by atoms with van der Waals surface area (Å²) in [5.74, 6) is 0.883. The SMILES string of the molecule is COCC(Br)CN(C)c1ncnc2c1cnn2C. The summed E-state index contributed by atoms with van der Waals surface area (Å²) >= 11 is 3.57. The molecule has 0 bridgehead atoms. The highest BCUT2D eigenvalue weighted by atomic mass is 79.9. The Balaban J connectivity index is 2.25. The van der Waals surface area contributed by atoms with Crippen molar-refractivity contribution < 1.29 is 4.74 Å². The number of aryl methyl sites for hydroxylation is 1. The molecule has 0 saturated carbocycles. The van der Waals surface area contributed by atoms with Crippen molar-refractivity contribution in [2.24, 2.45) is 7.05 Å². The molecule has 2 rings (SSSR count). The van der Waals surface area contributed by atoms with E-state index >= 15 is 0 Å². The molecule has 7 heteroatoms. The van der Waals surface area contributed by atoms with E-state index in [4.69, 9.17) is 4.74 Å². The fourth-order valence-electron chi connectivity index (χ4n) is 1.87. The number of anilines is 1. The van der Waals surface area contributed by atoms with Gasteiger partial charge in [-0.1, -0.05) is 15.9 Å². The molecule has 18 heavy (non-hydrogen) atoms. The van der Waals surface area contributed by atoms with Crippen molar-refractivity contribution in [3.63, 3.8) is 0 Å². The molecule has 1 atom stereocenters. The van der Waals surface area contributed by atoms with Gasteiger partial charge in [0, 0.05) is 27.7 Å². The Hall–Kier alpha value is -1.21. The van der Waals surface area contributed by atoms with Crippen LogP contribution in [-0.4, -0.2) is 51.9 Å². The molecular formula is C11H16BrN5O. The maximum Gasteiger partial charge on any atom is 0.163 e. The van der Waals surface area contributed by atoms with Crippen LogP contribution in [0.15, 0.2) is 12.5 Å². The van der Waals surface area contributed by atoms with Gasteiger partial charge in [-0.3, -0.25) is 4.68 Å². The number of hydrogen-bond acceptors (Lipinski definition) is 5. The van der Waals surface area contributed by atoms with Gasteiger partial charge in [-0.15, -0.1) is 0 Å². The van der Waals surface area contributed by atoms with Gasteiger partial charge in [0.2, 0.25) is 0 Å². The first-order valence-corrected chi connectivity index (χ1v) is 6.52. The lowest BCUT2D eigenvalue weighted by atomic mass is 10.3. The maximum atomic E-state index is 5.11. The minimum Gasteiger partial charge on any atom is -0.383 e. The number of methoxy groups -OCH3 is 1. The van der Waals surface area contributed by atoms with Crippen LogP contribution >= 0.6 is 15.9 Å². The van der Waals surface area contributed by atoms with Gasteiger partial charge in [-0.05, 0) is 0 Å². The Morgan fingerprint density at radius 1 is 1.50 bits per heavy atom. The normalized spacial score (nSPS) is 12.9. The van der Waals surface area contributed by atoms with Crippen LogP contribution in [0.25, 0.3) is 11.0 Å². The van der Waals surface area contributed by atoms with E-state index in [0.29, 0.717) is 6.61 Å². The lowest BCUT2D eigenvalue weighted by Gasteiger charge is -2.21. The highest BCUT2D eigenvalue weighted by Crippen LogP contribution is 2.21. The molecule has 98 valence electrons. The molecule has 0 fully saturated rings. The van der Waals surface area contributed by atoms with E-state index in [2.05, 4.69) is 35.9 Å². The van der Waals surface area contributed by atoms with Crippen LogP contribution in [0.1, 0.15) is 0 Å². The van der Waals surface area contributed by atoms with Crippen LogP contribution in [0, 0.1) is 0 Å². The van der Waals surface area contributed by atoms with Crippen LogP contribution in [-0.2, 0) is 11.8 Å². The Labute approximate surface area is 114 Å². The standard InChI is InChI=1S/C11H16BrN5O/c1-16(5-8(12)6-18-3)10-9-4-15-17(2)11(9)14-7-13-10/h4,7-8H,5-6H2,1-3H3. The summed E-state index contributed by atoms with van der Waals surface area (Å²) in [6.07, 6.45) is 3.36. The van der Waals surface area contributed by atoms with Crippen molar-refractivity contribution in [2.75, 3.05) is 32.2 Å². The molecular weight excluding hydrogens is 298 g/mol. The molecule has 2 aromatic heterocycles. The lowest BCUT2D eigenvalue weighted by Crippen LogP contribution is -2.29. The summed E-state index contributed by atoms with van der Waals surface area (Å²) in [6, 6.07) is 0. The molecule has 0 saturated heterocycles. The van der Waals surface area contributed by atoms with Crippen molar-refractivity contribution in [3.8, 4) is 0 Å². The lowest BCUT2D eigenvalue weighted by molar-refractivity contribution is 0.201. The molecule has 0 N–H and O–H groups in total. The zero-order valence-corrected chi connectivity index (χ0v) is 12.3. The summed E-state index contributed by atoms with van der Waals surface area (Å²) in [5.41, 5.74) is 0.838. The predicted octanol–water partition coefficient (Wildman–Crippen LogP) is 1.21. The monoisotopic (exact) mass is 313 g/mol. The van der Waals surface area contributed by atoms with Gasteiger partial charge in [0.1, 0.15) is 12.1 Å². The minimum atomic E-state index is 0.259. The van der Waals surface area contributed by atoms with Gasteiger partial charge in [-0.2, -0.15) is 5.10 Å². The van der Waals surface area contributed by atoms with Crippen molar-refractivity contribution in [1.82, 2.24) is 19.7 Å².